The number of nitrogens with one attached hydrogen (secondary N) is 2. The summed E-state index contributed by atoms with van der Waals surface area (Å²) >= 11 is 1.31. The largest absolute Gasteiger partial charge is 0.493 e. The number of anilines is 2. The summed E-state index contributed by atoms with van der Waals surface area (Å²) in [7, 11) is 0. The first kappa shape index (κ1) is 25.4. The SMILES string of the molecule is Cc1ccc(NC(=O)Nc2nc(CCOc3ccc(CC(=O)O)cc3)cs2)c(C(=O)C2CCCC2)c1. The van der Waals surface area contributed by atoms with Crippen molar-refractivity contribution in [2.75, 3.05) is 17.2 Å². The Labute approximate surface area is 213 Å². The van der Waals surface area contributed by atoms with Crippen LogP contribution in [-0.2, 0) is 17.6 Å². The van der Waals surface area contributed by atoms with Gasteiger partial charge in [-0.1, -0.05) is 36.6 Å². The third-order valence-corrected chi connectivity index (χ3v) is 6.90. The van der Waals surface area contributed by atoms with Crippen molar-refractivity contribution < 1.29 is 24.2 Å². The number of urea groups is 1. The van der Waals surface area contributed by atoms with Crippen LogP contribution in [0.4, 0.5) is 15.6 Å². The molecule has 3 N–H and O–H groups in total. The lowest BCUT2D eigenvalue weighted by Gasteiger charge is -2.14. The normalized spacial score (nSPS) is 13.4. The number of hydrogen-bond acceptors (Lipinski definition) is 6. The summed E-state index contributed by atoms with van der Waals surface area (Å²) in [5.74, 6) is -0.0956. The molecule has 0 atom stereocenters. The molecule has 1 aliphatic carbocycles. The van der Waals surface area contributed by atoms with Crippen LogP contribution >= 0.6 is 11.3 Å². The lowest BCUT2D eigenvalue weighted by molar-refractivity contribution is -0.136. The second-order valence-electron chi connectivity index (χ2n) is 8.93. The smallest absolute Gasteiger partial charge is 0.325 e. The van der Waals surface area contributed by atoms with E-state index in [1.54, 1.807) is 30.3 Å². The maximum atomic E-state index is 13.0. The first-order valence-electron chi connectivity index (χ1n) is 12.0. The standard InChI is InChI=1S/C27H29N3O5S/c1-17-6-11-23(22(14-17)25(33)19-4-2-3-5-19)29-26(34)30-27-28-20(16-36-27)12-13-35-21-9-7-18(8-10-21)15-24(31)32/h6-11,14,16,19H,2-5,12-13,15H2,1H3,(H,31,32)(H2,28,29,30,34). The quantitative estimate of drug-likeness (QED) is 0.302. The van der Waals surface area contributed by atoms with Crippen molar-refractivity contribution >= 4 is 39.9 Å². The molecule has 1 heterocycles. The fourth-order valence-electron chi connectivity index (χ4n) is 4.26. The summed E-state index contributed by atoms with van der Waals surface area (Å²) in [6.45, 7) is 2.33. The van der Waals surface area contributed by atoms with E-state index in [2.05, 4.69) is 15.6 Å². The lowest BCUT2D eigenvalue weighted by atomic mass is 9.94. The van der Waals surface area contributed by atoms with E-state index < -0.39 is 12.0 Å². The zero-order valence-corrected chi connectivity index (χ0v) is 20.9. The molecule has 8 nitrogen and oxygen atoms in total. The van der Waals surface area contributed by atoms with Crippen LogP contribution in [0.15, 0.2) is 47.8 Å². The second-order valence-corrected chi connectivity index (χ2v) is 9.79. The average molecular weight is 508 g/mol. The molecule has 2 aromatic carbocycles. The summed E-state index contributed by atoms with van der Waals surface area (Å²) < 4.78 is 5.71. The topological polar surface area (TPSA) is 118 Å². The number of benzene rings is 2. The average Bonchev–Trinajstić information content (AvgIpc) is 3.53. The maximum absolute atomic E-state index is 13.0. The third kappa shape index (κ3) is 6.91. The van der Waals surface area contributed by atoms with E-state index in [4.69, 9.17) is 9.84 Å². The molecule has 9 heteroatoms. The molecule has 0 unspecified atom stereocenters. The van der Waals surface area contributed by atoms with Crippen molar-refractivity contribution in [2.24, 2.45) is 5.92 Å². The fraction of sp³-hybridized carbons (Fsp3) is 0.333. The van der Waals surface area contributed by atoms with Gasteiger partial charge in [-0.2, -0.15) is 0 Å². The van der Waals surface area contributed by atoms with Gasteiger partial charge in [0.2, 0.25) is 0 Å². The van der Waals surface area contributed by atoms with Gasteiger partial charge < -0.3 is 15.2 Å². The minimum atomic E-state index is -0.873. The highest BCUT2D eigenvalue weighted by Gasteiger charge is 2.26. The summed E-state index contributed by atoms with van der Waals surface area (Å²) in [4.78, 5) is 40.8. The number of carboxylic acid groups (broad SMARTS) is 1. The van der Waals surface area contributed by atoms with Crippen LogP contribution in [0, 0.1) is 12.8 Å². The van der Waals surface area contributed by atoms with E-state index in [1.165, 1.54) is 11.3 Å². The summed E-state index contributed by atoms with van der Waals surface area (Å²) in [6.07, 6.45) is 4.48. The Hall–Kier alpha value is -3.72. The van der Waals surface area contributed by atoms with E-state index in [0.29, 0.717) is 40.7 Å². The van der Waals surface area contributed by atoms with E-state index in [1.807, 2.05) is 24.4 Å². The zero-order chi connectivity index (χ0) is 25.5. The molecule has 4 rings (SSSR count). The van der Waals surface area contributed by atoms with Gasteiger partial charge in [0.25, 0.3) is 0 Å². The Bertz CT molecular complexity index is 1230. The lowest BCUT2D eigenvalue weighted by Crippen LogP contribution is -2.22. The molecule has 0 radical (unpaired) electrons. The fourth-order valence-corrected chi connectivity index (χ4v) is 5.00. The Morgan fingerprint density at radius 3 is 2.56 bits per heavy atom. The number of rotatable bonds is 10. The highest BCUT2D eigenvalue weighted by molar-refractivity contribution is 7.13. The van der Waals surface area contributed by atoms with E-state index >= 15 is 0 Å². The number of ether oxygens (including phenoxy) is 1. The van der Waals surface area contributed by atoms with Gasteiger partial charge in [-0.3, -0.25) is 14.9 Å². The molecule has 1 aliphatic rings. The molecule has 2 amide bonds. The summed E-state index contributed by atoms with van der Waals surface area (Å²) in [5, 5.41) is 16.7. The monoisotopic (exact) mass is 507 g/mol. The van der Waals surface area contributed by atoms with Crippen LogP contribution in [-0.4, -0.2) is 34.5 Å². The van der Waals surface area contributed by atoms with E-state index in [-0.39, 0.29) is 18.1 Å². The molecule has 1 fully saturated rings. The van der Waals surface area contributed by atoms with Crippen LogP contribution in [0.2, 0.25) is 0 Å². The van der Waals surface area contributed by atoms with Gasteiger partial charge in [0.05, 0.1) is 24.4 Å². The molecular formula is C27H29N3O5S. The number of thiazole rings is 1. The van der Waals surface area contributed by atoms with Crippen molar-refractivity contribution in [3.05, 3.63) is 70.2 Å². The minimum Gasteiger partial charge on any atom is -0.493 e. The maximum Gasteiger partial charge on any atom is 0.325 e. The van der Waals surface area contributed by atoms with Crippen molar-refractivity contribution in [3.63, 3.8) is 0 Å². The predicted octanol–water partition coefficient (Wildman–Crippen LogP) is 5.72. The number of carboxylic acids is 1. The first-order valence-corrected chi connectivity index (χ1v) is 12.9. The molecule has 0 aliphatic heterocycles. The number of Topliss-reactive ketones (excluding diaryl/α,β-unsaturated/α-hetero) is 1. The molecule has 1 saturated carbocycles. The van der Waals surface area contributed by atoms with Crippen LogP contribution in [0.5, 0.6) is 5.75 Å². The van der Waals surface area contributed by atoms with Gasteiger partial charge in [0.1, 0.15) is 5.75 Å². The molecule has 0 spiro atoms. The second kappa shape index (κ2) is 11.8. The Morgan fingerprint density at radius 2 is 1.83 bits per heavy atom. The van der Waals surface area contributed by atoms with Crippen LogP contribution in [0.25, 0.3) is 0 Å². The molecule has 0 saturated heterocycles. The zero-order valence-electron chi connectivity index (χ0n) is 20.1. The first-order chi connectivity index (χ1) is 17.4. The predicted molar refractivity (Wildman–Crippen MR) is 139 cm³/mol. The van der Waals surface area contributed by atoms with E-state index in [0.717, 1.165) is 36.9 Å². The number of nitrogens with zero attached hydrogens (tertiary/aromatic N) is 1. The van der Waals surface area contributed by atoms with Gasteiger partial charge in [0.15, 0.2) is 10.9 Å². The van der Waals surface area contributed by atoms with Gasteiger partial charge in [0, 0.05) is 23.3 Å². The molecule has 1 aromatic heterocycles. The van der Waals surface area contributed by atoms with Crippen molar-refractivity contribution in [3.8, 4) is 5.75 Å². The van der Waals surface area contributed by atoms with Crippen LogP contribution in [0.1, 0.15) is 52.9 Å². The number of hydrogen-bond donors (Lipinski definition) is 3. The molecule has 3 aromatic rings. The number of ketones is 1. The highest BCUT2D eigenvalue weighted by atomic mass is 32.1. The number of aliphatic carboxylic acids is 1. The van der Waals surface area contributed by atoms with Gasteiger partial charge in [-0.25, -0.2) is 9.78 Å². The molecule has 36 heavy (non-hydrogen) atoms. The number of carbonyl (C=O) groups is 3. The Morgan fingerprint density at radius 1 is 1.08 bits per heavy atom. The minimum absolute atomic E-state index is 0.0233. The third-order valence-electron chi connectivity index (χ3n) is 6.09. The molecule has 188 valence electrons. The van der Waals surface area contributed by atoms with Gasteiger partial charge in [-0.15, -0.1) is 11.3 Å². The van der Waals surface area contributed by atoms with Crippen molar-refractivity contribution in [1.29, 1.82) is 0 Å². The Balaban J connectivity index is 1.29. The van der Waals surface area contributed by atoms with Crippen molar-refractivity contribution in [2.45, 2.75) is 45.4 Å². The van der Waals surface area contributed by atoms with Gasteiger partial charge in [-0.05, 0) is 49.6 Å². The van der Waals surface area contributed by atoms with E-state index in [9.17, 15) is 14.4 Å². The number of aryl methyl sites for hydroxylation is 1. The summed E-state index contributed by atoms with van der Waals surface area (Å²) in [6, 6.07) is 12.0. The van der Waals surface area contributed by atoms with Crippen LogP contribution < -0.4 is 15.4 Å². The van der Waals surface area contributed by atoms with Crippen molar-refractivity contribution in [1.82, 2.24) is 4.98 Å². The number of amides is 2. The van der Waals surface area contributed by atoms with Crippen LogP contribution in [0.3, 0.4) is 0 Å². The number of aromatic nitrogens is 1. The number of carbonyl (C=O) groups excluding carboxylic acids is 2. The molecular weight excluding hydrogens is 478 g/mol. The highest BCUT2D eigenvalue weighted by Crippen LogP contribution is 2.31. The summed E-state index contributed by atoms with van der Waals surface area (Å²) in [5.41, 5.74) is 3.54. The Kier molecular flexibility index (Phi) is 8.32. The van der Waals surface area contributed by atoms with Gasteiger partial charge >= 0.3 is 12.0 Å². The molecule has 0 bridgehead atoms.